The van der Waals surface area contributed by atoms with Crippen LogP contribution in [0, 0.1) is 17.8 Å². The molecule has 0 bridgehead atoms. The van der Waals surface area contributed by atoms with Gasteiger partial charge in [0, 0.05) is 39.0 Å². The molecule has 6 rings (SSSR count). The van der Waals surface area contributed by atoms with Crippen LogP contribution in [-0.2, 0) is 19.9 Å². The average Bonchev–Trinajstić information content (AvgIpc) is 2.82. The number of hydrogen-bond acceptors (Lipinski definition) is 2. The van der Waals surface area contributed by atoms with Gasteiger partial charge in [0.2, 0.25) is 5.69 Å². The lowest BCUT2D eigenvalue weighted by atomic mass is 9.83. The van der Waals surface area contributed by atoms with Gasteiger partial charge >= 0.3 is 0 Å². The van der Waals surface area contributed by atoms with E-state index < -0.39 is 0 Å². The number of aryl methyl sites for hydroxylation is 2. The predicted molar refractivity (Wildman–Crippen MR) is 159 cm³/mol. The zero-order valence-electron chi connectivity index (χ0n) is 23.4. The maximum absolute atomic E-state index is 4.54. The molecule has 1 aliphatic rings. The molecule has 1 aliphatic heterocycles. The van der Waals surface area contributed by atoms with E-state index in [1.807, 2.05) is 18.0 Å². The summed E-state index contributed by atoms with van der Waals surface area (Å²) < 4.78 is 2.34. The van der Waals surface area contributed by atoms with Gasteiger partial charge in [0.25, 0.3) is 0 Å². The summed E-state index contributed by atoms with van der Waals surface area (Å²) in [6.45, 7) is 16.3. The van der Waals surface area contributed by atoms with Crippen molar-refractivity contribution in [2.75, 3.05) is 0 Å². The lowest BCUT2D eigenvalue weighted by Crippen LogP contribution is -2.32. The van der Waals surface area contributed by atoms with E-state index in [1.54, 1.807) is 0 Å². The first-order chi connectivity index (χ1) is 17.4. The molecule has 188 valence electrons. The topological polar surface area (TPSA) is 16.8 Å². The second kappa shape index (κ2) is 8.30. The van der Waals surface area contributed by atoms with E-state index in [2.05, 4.69) is 114 Å². The second-order valence-corrected chi connectivity index (χ2v) is 14.3. The summed E-state index contributed by atoms with van der Waals surface area (Å²) >= 11 is 1.99. The van der Waals surface area contributed by atoms with Crippen molar-refractivity contribution in [3.05, 3.63) is 71.7 Å². The lowest BCUT2D eigenvalue weighted by Gasteiger charge is -2.28. The molecule has 3 aromatic carbocycles. The molecule has 0 unspecified atom stereocenters. The Kier molecular flexibility index (Phi) is 5.48. The van der Waals surface area contributed by atoms with E-state index in [9.17, 15) is 0 Å². The van der Waals surface area contributed by atoms with E-state index in [0.717, 1.165) is 12.8 Å². The number of benzene rings is 3. The Morgan fingerprint density at radius 2 is 1.59 bits per heavy atom. The summed E-state index contributed by atoms with van der Waals surface area (Å²) in [4.78, 5) is 7.35. The van der Waals surface area contributed by atoms with Crippen LogP contribution in [0.25, 0.3) is 43.6 Å². The van der Waals surface area contributed by atoms with E-state index in [1.165, 1.54) is 70.1 Å². The van der Waals surface area contributed by atoms with Gasteiger partial charge < -0.3 is 0 Å². The minimum atomic E-state index is 0.178. The highest BCUT2D eigenvalue weighted by Crippen LogP contribution is 2.53. The third kappa shape index (κ3) is 4.03. The molecule has 3 heterocycles. The van der Waals surface area contributed by atoms with Gasteiger partial charge in [-0.15, -0.1) is 0 Å². The summed E-state index contributed by atoms with van der Waals surface area (Å²) in [6.07, 6.45) is 8.37. The Bertz CT molecular complexity index is 1730. The van der Waals surface area contributed by atoms with E-state index in [0.29, 0.717) is 0 Å². The monoisotopic (exact) mass is 505 g/mol. The van der Waals surface area contributed by atoms with E-state index in [4.69, 9.17) is 0 Å². The molecule has 37 heavy (non-hydrogen) atoms. The SMILES string of the molecule is Cc1c2c(c(CC(C)(C)C)c3ccncc13)Sc1cc3c(CC(C)(C)C)cccc3c3cc[n+](C)c-2c13. The maximum Gasteiger partial charge on any atom is 0.222 e. The first-order valence-electron chi connectivity index (χ1n) is 13.4. The van der Waals surface area contributed by atoms with Crippen molar-refractivity contribution in [2.45, 2.75) is 71.1 Å². The van der Waals surface area contributed by atoms with Gasteiger partial charge in [-0.3, -0.25) is 4.98 Å². The van der Waals surface area contributed by atoms with Gasteiger partial charge in [-0.05, 0) is 75.6 Å². The number of pyridine rings is 2. The van der Waals surface area contributed by atoms with Gasteiger partial charge in [0.1, 0.15) is 7.05 Å². The fourth-order valence-corrected chi connectivity index (χ4v) is 7.56. The average molecular weight is 506 g/mol. The molecule has 0 spiro atoms. The Morgan fingerprint density at radius 3 is 2.32 bits per heavy atom. The van der Waals surface area contributed by atoms with Crippen molar-refractivity contribution in [1.29, 1.82) is 0 Å². The molecule has 0 saturated heterocycles. The van der Waals surface area contributed by atoms with Crippen LogP contribution in [0.5, 0.6) is 0 Å². The molecular weight excluding hydrogens is 468 g/mol. The lowest BCUT2D eigenvalue weighted by molar-refractivity contribution is -0.659. The molecule has 0 amide bonds. The van der Waals surface area contributed by atoms with Crippen LogP contribution in [-0.4, -0.2) is 4.98 Å². The van der Waals surface area contributed by atoms with Gasteiger partial charge in [-0.25, -0.2) is 4.57 Å². The van der Waals surface area contributed by atoms with Crippen molar-refractivity contribution >= 4 is 44.1 Å². The van der Waals surface area contributed by atoms with Crippen molar-refractivity contribution in [3.8, 4) is 11.3 Å². The Balaban J connectivity index is 1.76. The maximum atomic E-state index is 4.54. The molecule has 0 aliphatic carbocycles. The molecule has 2 aromatic heterocycles. The molecule has 0 fully saturated rings. The standard InChI is InChI=1S/C34H37N2S/c1-20-27-19-35-14-12-23(27)26(18-34(5,6)7)32-29(20)31-30-24(13-15-36(31)8)22-11-9-10-21(17-33(2,3)4)25(22)16-28(30)37-32/h9-16,19H,17-18H2,1-8H3/q+1. The number of rotatable bonds is 2. The predicted octanol–water partition coefficient (Wildman–Crippen LogP) is 8.98. The van der Waals surface area contributed by atoms with Crippen molar-refractivity contribution in [1.82, 2.24) is 4.98 Å². The minimum Gasteiger partial charge on any atom is -0.264 e. The molecule has 3 heteroatoms. The van der Waals surface area contributed by atoms with E-state index in [-0.39, 0.29) is 10.8 Å². The quantitative estimate of drug-likeness (QED) is 0.172. The fourth-order valence-electron chi connectivity index (χ4n) is 6.20. The molecular formula is C34H37N2S+. The number of hydrogen-bond donors (Lipinski definition) is 0. The molecule has 0 atom stereocenters. The number of aromatic nitrogens is 2. The highest BCUT2D eigenvalue weighted by atomic mass is 32.2. The van der Waals surface area contributed by atoms with E-state index >= 15 is 0 Å². The number of nitrogens with zero attached hydrogens (tertiary/aromatic N) is 2. The summed E-state index contributed by atoms with van der Waals surface area (Å²) in [5.74, 6) is 0. The summed E-state index contributed by atoms with van der Waals surface area (Å²) in [5.41, 5.74) is 7.37. The van der Waals surface area contributed by atoms with Crippen LogP contribution in [0.2, 0.25) is 0 Å². The Labute approximate surface area is 225 Å². The summed E-state index contributed by atoms with van der Waals surface area (Å²) in [5, 5.41) is 8.13. The number of fused-ring (bicyclic) bond motifs is 5. The Morgan fingerprint density at radius 1 is 0.838 bits per heavy atom. The highest BCUT2D eigenvalue weighted by molar-refractivity contribution is 8.00. The van der Waals surface area contributed by atoms with Gasteiger partial charge in [0.15, 0.2) is 6.20 Å². The van der Waals surface area contributed by atoms with Crippen LogP contribution in [0.1, 0.15) is 58.2 Å². The molecule has 2 nitrogen and oxygen atoms in total. The molecule has 0 saturated carbocycles. The van der Waals surface area contributed by atoms with Gasteiger partial charge in [-0.1, -0.05) is 71.5 Å². The van der Waals surface area contributed by atoms with Crippen LogP contribution in [0.15, 0.2) is 64.8 Å². The normalized spacial score (nSPS) is 13.5. The zero-order valence-corrected chi connectivity index (χ0v) is 24.2. The minimum absolute atomic E-state index is 0.178. The largest absolute Gasteiger partial charge is 0.264 e. The van der Waals surface area contributed by atoms with Crippen LogP contribution in [0.3, 0.4) is 0 Å². The van der Waals surface area contributed by atoms with Gasteiger partial charge in [-0.2, -0.15) is 0 Å². The van der Waals surface area contributed by atoms with Gasteiger partial charge in [0.05, 0.1) is 10.9 Å². The van der Waals surface area contributed by atoms with Crippen LogP contribution in [0.4, 0.5) is 0 Å². The molecule has 5 aromatic rings. The van der Waals surface area contributed by atoms with Crippen molar-refractivity contribution in [3.63, 3.8) is 0 Å². The highest BCUT2D eigenvalue weighted by Gasteiger charge is 2.33. The molecule has 0 N–H and O–H groups in total. The summed E-state index contributed by atoms with van der Waals surface area (Å²) in [7, 11) is 2.20. The van der Waals surface area contributed by atoms with Crippen LogP contribution >= 0.6 is 11.8 Å². The van der Waals surface area contributed by atoms with Crippen molar-refractivity contribution in [2.24, 2.45) is 17.9 Å². The fraction of sp³-hybridized carbons (Fsp3) is 0.353. The zero-order chi connectivity index (χ0) is 26.3. The Hall–Kier alpha value is -2.91. The summed E-state index contributed by atoms with van der Waals surface area (Å²) in [6, 6.07) is 13.9. The third-order valence-electron chi connectivity index (χ3n) is 7.64. The van der Waals surface area contributed by atoms with Crippen molar-refractivity contribution < 1.29 is 4.57 Å². The first-order valence-corrected chi connectivity index (χ1v) is 14.2. The van der Waals surface area contributed by atoms with Crippen LogP contribution < -0.4 is 4.57 Å². The smallest absolute Gasteiger partial charge is 0.222 e. The third-order valence-corrected chi connectivity index (χ3v) is 8.83. The first kappa shape index (κ1) is 24.4. The second-order valence-electron chi connectivity index (χ2n) is 13.3. The molecule has 0 radical (unpaired) electrons.